The number of ether oxygens (including phenoxy) is 1. The normalized spacial score (nSPS) is 20.7. The molecule has 0 radical (unpaired) electrons. The fraction of sp³-hybridized carbons (Fsp3) is 0.440. The van der Waals surface area contributed by atoms with E-state index in [0.717, 1.165) is 12.2 Å². The second-order valence-corrected chi connectivity index (χ2v) is 8.26. The second kappa shape index (κ2) is 11.0. The van der Waals surface area contributed by atoms with Crippen LogP contribution in [0.1, 0.15) is 50.4 Å². The van der Waals surface area contributed by atoms with Crippen LogP contribution >= 0.6 is 0 Å². The van der Waals surface area contributed by atoms with Crippen LogP contribution in [0.5, 0.6) is 5.75 Å². The molecule has 1 aliphatic carbocycles. The van der Waals surface area contributed by atoms with Crippen molar-refractivity contribution in [2.75, 3.05) is 23.8 Å². The lowest BCUT2D eigenvalue weighted by Crippen LogP contribution is -2.43. The summed E-state index contributed by atoms with van der Waals surface area (Å²) < 4.78 is 5.43. The third-order valence-electron chi connectivity index (χ3n) is 6.10. The molecule has 0 heterocycles. The van der Waals surface area contributed by atoms with Crippen molar-refractivity contribution < 1.29 is 14.3 Å². The van der Waals surface area contributed by atoms with Gasteiger partial charge in [0.1, 0.15) is 5.75 Å². The first-order chi connectivity index (χ1) is 15.0. The molecule has 2 amide bonds. The van der Waals surface area contributed by atoms with Gasteiger partial charge in [-0.3, -0.25) is 9.59 Å². The predicted molar refractivity (Wildman–Crippen MR) is 125 cm³/mol. The molecule has 6 nitrogen and oxygen atoms in total. The van der Waals surface area contributed by atoms with Crippen LogP contribution in [0.3, 0.4) is 0 Å². The van der Waals surface area contributed by atoms with E-state index in [-0.39, 0.29) is 18.4 Å². The van der Waals surface area contributed by atoms with Gasteiger partial charge in [-0.05, 0) is 61.6 Å². The summed E-state index contributed by atoms with van der Waals surface area (Å²) in [5, 5.41) is 9.16. The number of para-hydroxylation sites is 1. The minimum Gasteiger partial charge on any atom is -0.494 e. The Morgan fingerprint density at radius 1 is 1.00 bits per heavy atom. The third kappa shape index (κ3) is 6.31. The molecule has 6 heteroatoms. The van der Waals surface area contributed by atoms with Crippen LogP contribution in [0.25, 0.3) is 0 Å². The maximum Gasteiger partial charge on any atom is 0.257 e. The molecule has 1 fully saturated rings. The van der Waals surface area contributed by atoms with E-state index in [2.05, 4.69) is 29.8 Å². The van der Waals surface area contributed by atoms with Crippen molar-refractivity contribution >= 4 is 23.2 Å². The molecule has 3 rings (SSSR count). The van der Waals surface area contributed by atoms with Crippen molar-refractivity contribution in [3.8, 4) is 5.75 Å². The molecule has 31 heavy (non-hydrogen) atoms. The van der Waals surface area contributed by atoms with Crippen LogP contribution in [0, 0.1) is 11.8 Å². The van der Waals surface area contributed by atoms with Crippen LogP contribution in [-0.2, 0) is 4.79 Å². The molecule has 3 atom stereocenters. The van der Waals surface area contributed by atoms with E-state index in [1.807, 2.05) is 25.1 Å². The molecule has 0 spiro atoms. The molecule has 0 aromatic heterocycles. The highest BCUT2D eigenvalue weighted by molar-refractivity contribution is 6.10. The van der Waals surface area contributed by atoms with Crippen molar-refractivity contribution in [1.29, 1.82) is 0 Å². The number of hydrogen-bond donors (Lipinski definition) is 3. The molecule has 1 saturated carbocycles. The molecule has 166 valence electrons. The van der Waals surface area contributed by atoms with E-state index in [0.29, 0.717) is 41.4 Å². The van der Waals surface area contributed by atoms with Gasteiger partial charge in [0.25, 0.3) is 5.91 Å². The summed E-state index contributed by atoms with van der Waals surface area (Å²) in [4.78, 5) is 25.4. The summed E-state index contributed by atoms with van der Waals surface area (Å²) in [5.74, 6) is 1.55. The van der Waals surface area contributed by atoms with Crippen molar-refractivity contribution in [2.24, 2.45) is 11.8 Å². The first-order valence-electron chi connectivity index (χ1n) is 11.1. The average Bonchev–Trinajstić information content (AvgIpc) is 2.76. The Morgan fingerprint density at radius 2 is 1.74 bits per heavy atom. The van der Waals surface area contributed by atoms with Gasteiger partial charge in [-0.1, -0.05) is 38.8 Å². The molecule has 2 aromatic rings. The minimum absolute atomic E-state index is 0.147. The predicted octanol–water partition coefficient (Wildman–Crippen LogP) is 4.69. The van der Waals surface area contributed by atoms with E-state index in [1.165, 1.54) is 12.8 Å². The average molecular weight is 424 g/mol. The molecule has 0 bridgehead atoms. The lowest BCUT2D eigenvalue weighted by Gasteiger charge is -2.34. The summed E-state index contributed by atoms with van der Waals surface area (Å²) in [6, 6.07) is 14.6. The maximum absolute atomic E-state index is 12.8. The van der Waals surface area contributed by atoms with Gasteiger partial charge in [0.05, 0.1) is 24.4 Å². The largest absolute Gasteiger partial charge is 0.494 e. The molecular weight excluding hydrogens is 390 g/mol. The zero-order valence-corrected chi connectivity index (χ0v) is 18.6. The number of amides is 2. The zero-order chi connectivity index (χ0) is 22.2. The topological polar surface area (TPSA) is 79.5 Å². The molecule has 3 N–H and O–H groups in total. The van der Waals surface area contributed by atoms with Crippen molar-refractivity contribution in [3.63, 3.8) is 0 Å². The van der Waals surface area contributed by atoms with Crippen molar-refractivity contribution in [2.45, 2.75) is 46.1 Å². The zero-order valence-electron chi connectivity index (χ0n) is 18.6. The van der Waals surface area contributed by atoms with E-state index in [4.69, 9.17) is 4.74 Å². The van der Waals surface area contributed by atoms with E-state index >= 15 is 0 Å². The molecule has 0 saturated heterocycles. The molecule has 0 unspecified atom stereocenters. The Balaban J connectivity index is 1.59. The van der Waals surface area contributed by atoms with Gasteiger partial charge in [-0.2, -0.15) is 0 Å². The third-order valence-corrected chi connectivity index (χ3v) is 6.10. The highest BCUT2D eigenvalue weighted by atomic mass is 16.5. The van der Waals surface area contributed by atoms with Crippen LogP contribution in [0.15, 0.2) is 48.5 Å². The van der Waals surface area contributed by atoms with Crippen LogP contribution < -0.4 is 20.7 Å². The summed E-state index contributed by atoms with van der Waals surface area (Å²) in [6.07, 6.45) is 3.54. The molecule has 0 aliphatic heterocycles. The first-order valence-corrected chi connectivity index (χ1v) is 11.1. The fourth-order valence-electron chi connectivity index (χ4n) is 4.08. The smallest absolute Gasteiger partial charge is 0.257 e. The lowest BCUT2D eigenvalue weighted by atomic mass is 9.78. The number of hydrogen-bond acceptors (Lipinski definition) is 4. The van der Waals surface area contributed by atoms with Gasteiger partial charge >= 0.3 is 0 Å². The van der Waals surface area contributed by atoms with Crippen LogP contribution in [-0.4, -0.2) is 31.0 Å². The monoisotopic (exact) mass is 423 g/mol. The minimum atomic E-state index is -0.275. The Morgan fingerprint density at radius 3 is 2.48 bits per heavy atom. The van der Waals surface area contributed by atoms with E-state index in [9.17, 15) is 9.59 Å². The Bertz CT molecular complexity index is 882. The SMILES string of the molecule is CCOc1ccc(NC(=O)c2ccccc2NC(=O)CN[C@@H]2CCC[C@H](C)[C@H]2C)cc1. The molecule has 2 aromatic carbocycles. The summed E-state index contributed by atoms with van der Waals surface area (Å²) >= 11 is 0. The molecular formula is C25H33N3O3. The van der Waals surface area contributed by atoms with Crippen molar-refractivity contribution in [3.05, 3.63) is 54.1 Å². The van der Waals surface area contributed by atoms with Gasteiger partial charge in [0.15, 0.2) is 0 Å². The Kier molecular flexibility index (Phi) is 8.06. The molecule has 1 aliphatic rings. The standard InChI is InChI=1S/C25H33N3O3/c1-4-31-20-14-12-19(13-15-20)27-25(30)21-9-5-6-10-23(21)28-24(29)16-26-22-11-7-8-17(2)18(22)3/h5-6,9-10,12-15,17-18,22,26H,4,7-8,11,16H2,1-3H3,(H,27,30)(H,28,29)/t17-,18+,22+/m0/s1. The number of benzene rings is 2. The Hall–Kier alpha value is -2.86. The Labute approximate surface area is 184 Å². The van der Waals surface area contributed by atoms with Gasteiger partial charge < -0.3 is 20.7 Å². The highest BCUT2D eigenvalue weighted by Gasteiger charge is 2.27. The van der Waals surface area contributed by atoms with Gasteiger partial charge in [0.2, 0.25) is 5.91 Å². The number of nitrogens with one attached hydrogen (secondary N) is 3. The summed E-state index contributed by atoms with van der Waals surface area (Å²) in [7, 11) is 0. The summed E-state index contributed by atoms with van der Waals surface area (Å²) in [5.41, 5.74) is 1.59. The second-order valence-electron chi connectivity index (χ2n) is 8.26. The van der Waals surface area contributed by atoms with Gasteiger partial charge in [0, 0.05) is 11.7 Å². The van der Waals surface area contributed by atoms with Crippen LogP contribution in [0.4, 0.5) is 11.4 Å². The summed E-state index contributed by atoms with van der Waals surface area (Å²) in [6.45, 7) is 7.27. The van der Waals surface area contributed by atoms with Gasteiger partial charge in [-0.25, -0.2) is 0 Å². The van der Waals surface area contributed by atoms with E-state index in [1.54, 1.807) is 30.3 Å². The number of rotatable bonds is 8. The maximum atomic E-state index is 12.8. The quantitative estimate of drug-likeness (QED) is 0.575. The fourth-order valence-corrected chi connectivity index (χ4v) is 4.08. The van der Waals surface area contributed by atoms with Crippen LogP contribution in [0.2, 0.25) is 0 Å². The number of carbonyl (C=O) groups excluding carboxylic acids is 2. The lowest BCUT2D eigenvalue weighted by molar-refractivity contribution is -0.115. The number of carbonyl (C=O) groups is 2. The van der Waals surface area contributed by atoms with E-state index < -0.39 is 0 Å². The van der Waals surface area contributed by atoms with Crippen molar-refractivity contribution in [1.82, 2.24) is 5.32 Å². The highest BCUT2D eigenvalue weighted by Crippen LogP contribution is 2.29. The van der Waals surface area contributed by atoms with Gasteiger partial charge in [-0.15, -0.1) is 0 Å². The first kappa shape index (κ1) is 22.8. The number of anilines is 2.